The summed E-state index contributed by atoms with van der Waals surface area (Å²) >= 11 is 0. The highest BCUT2D eigenvalue weighted by Crippen LogP contribution is 2.25. The Morgan fingerprint density at radius 3 is 2.75 bits per heavy atom. The van der Waals surface area contributed by atoms with Gasteiger partial charge < -0.3 is 5.32 Å². The normalized spacial score (nSPS) is 23.8. The second-order valence-electron chi connectivity index (χ2n) is 6.18. The van der Waals surface area contributed by atoms with Crippen LogP contribution in [0.2, 0.25) is 0 Å². The third kappa shape index (κ3) is 3.59. The first-order chi connectivity index (χ1) is 9.32. The van der Waals surface area contributed by atoms with Gasteiger partial charge in [0.15, 0.2) is 0 Å². The zero-order chi connectivity index (χ0) is 14.8. The molecule has 0 spiro atoms. The second-order valence-corrected chi connectivity index (χ2v) is 7.92. The van der Waals surface area contributed by atoms with Gasteiger partial charge in [0.05, 0.1) is 4.90 Å². The molecule has 0 aromatic heterocycles. The monoisotopic (exact) mass is 296 g/mol. The van der Waals surface area contributed by atoms with Crippen LogP contribution in [-0.4, -0.2) is 28.1 Å². The van der Waals surface area contributed by atoms with Crippen LogP contribution in [0.1, 0.15) is 30.9 Å². The fourth-order valence-electron chi connectivity index (χ4n) is 2.61. The SMILES string of the molecule is Cc1ccc(C)c(S(=O)(=O)NCC2(C)CCCNC2)c1. The summed E-state index contributed by atoms with van der Waals surface area (Å²) in [5, 5.41) is 3.34. The van der Waals surface area contributed by atoms with Crippen molar-refractivity contribution in [3.8, 4) is 0 Å². The average molecular weight is 296 g/mol. The third-order valence-corrected chi connectivity index (χ3v) is 5.55. The Labute approximate surface area is 122 Å². The second kappa shape index (κ2) is 5.84. The molecule has 112 valence electrons. The lowest BCUT2D eigenvalue weighted by Gasteiger charge is -2.34. The minimum Gasteiger partial charge on any atom is -0.316 e. The minimum absolute atomic E-state index is 0.00303. The molecule has 1 aliphatic rings. The molecule has 4 nitrogen and oxygen atoms in total. The van der Waals surface area contributed by atoms with E-state index in [9.17, 15) is 8.42 Å². The summed E-state index contributed by atoms with van der Waals surface area (Å²) in [6.45, 7) is 8.24. The van der Waals surface area contributed by atoms with Gasteiger partial charge in [-0.1, -0.05) is 19.1 Å². The van der Waals surface area contributed by atoms with Gasteiger partial charge in [0, 0.05) is 13.1 Å². The Balaban J connectivity index is 2.13. The molecule has 0 aliphatic carbocycles. The summed E-state index contributed by atoms with van der Waals surface area (Å²) in [5.74, 6) is 0. The molecule has 1 aliphatic heterocycles. The molecule has 1 aromatic rings. The van der Waals surface area contributed by atoms with Crippen molar-refractivity contribution in [2.24, 2.45) is 5.41 Å². The van der Waals surface area contributed by atoms with Crippen LogP contribution in [0.15, 0.2) is 23.1 Å². The van der Waals surface area contributed by atoms with Gasteiger partial charge in [-0.05, 0) is 55.8 Å². The van der Waals surface area contributed by atoms with Crippen molar-refractivity contribution in [2.45, 2.75) is 38.5 Å². The maximum absolute atomic E-state index is 12.5. The number of piperidine rings is 1. The fraction of sp³-hybridized carbons (Fsp3) is 0.600. The Morgan fingerprint density at radius 1 is 1.35 bits per heavy atom. The molecule has 0 radical (unpaired) electrons. The number of nitrogens with one attached hydrogen (secondary N) is 2. The molecule has 1 aromatic carbocycles. The Kier molecular flexibility index (Phi) is 4.52. The van der Waals surface area contributed by atoms with E-state index in [1.54, 1.807) is 6.07 Å². The van der Waals surface area contributed by atoms with Crippen molar-refractivity contribution < 1.29 is 8.42 Å². The number of hydrogen-bond donors (Lipinski definition) is 2. The van der Waals surface area contributed by atoms with E-state index >= 15 is 0 Å². The van der Waals surface area contributed by atoms with Crippen LogP contribution in [0.25, 0.3) is 0 Å². The van der Waals surface area contributed by atoms with E-state index in [1.165, 1.54) is 0 Å². The fourth-order valence-corrected chi connectivity index (χ4v) is 4.14. The highest BCUT2D eigenvalue weighted by Gasteiger charge is 2.29. The maximum Gasteiger partial charge on any atom is 0.240 e. The first kappa shape index (κ1) is 15.5. The van der Waals surface area contributed by atoms with Gasteiger partial charge >= 0.3 is 0 Å². The van der Waals surface area contributed by atoms with Gasteiger partial charge in [-0.3, -0.25) is 0 Å². The molecule has 2 rings (SSSR count). The quantitative estimate of drug-likeness (QED) is 0.893. The predicted molar refractivity (Wildman–Crippen MR) is 81.3 cm³/mol. The molecule has 1 unspecified atom stereocenters. The smallest absolute Gasteiger partial charge is 0.240 e. The molecule has 20 heavy (non-hydrogen) atoms. The van der Waals surface area contributed by atoms with Crippen molar-refractivity contribution >= 4 is 10.0 Å². The number of rotatable bonds is 4. The summed E-state index contributed by atoms with van der Waals surface area (Å²) in [6.07, 6.45) is 2.15. The van der Waals surface area contributed by atoms with Crippen molar-refractivity contribution in [2.75, 3.05) is 19.6 Å². The van der Waals surface area contributed by atoms with E-state index in [4.69, 9.17) is 0 Å². The Bertz CT molecular complexity index is 576. The summed E-state index contributed by atoms with van der Waals surface area (Å²) < 4.78 is 27.7. The maximum atomic E-state index is 12.5. The lowest BCUT2D eigenvalue weighted by molar-refractivity contribution is 0.238. The topological polar surface area (TPSA) is 58.2 Å². The van der Waals surface area contributed by atoms with E-state index in [0.717, 1.165) is 37.1 Å². The molecule has 1 saturated heterocycles. The standard InChI is InChI=1S/C15H24N2O2S/c1-12-5-6-13(2)14(9-12)20(18,19)17-11-15(3)7-4-8-16-10-15/h5-6,9,16-17H,4,7-8,10-11H2,1-3H3. The van der Waals surface area contributed by atoms with Crippen LogP contribution < -0.4 is 10.0 Å². The van der Waals surface area contributed by atoms with Crippen molar-refractivity contribution in [1.29, 1.82) is 0 Å². The Hall–Kier alpha value is -0.910. The zero-order valence-corrected chi connectivity index (χ0v) is 13.3. The molecule has 5 heteroatoms. The predicted octanol–water partition coefficient (Wildman–Crippen LogP) is 1.97. The van der Waals surface area contributed by atoms with E-state index in [2.05, 4.69) is 17.0 Å². The number of sulfonamides is 1. The van der Waals surface area contributed by atoms with Gasteiger partial charge in [0.25, 0.3) is 0 Å². The van der Waals surface area contributed by atoms with Crippen LogP contribution in [0, 0.1) is 19.3 Å². The van der Waals surface area contributed by atoms with Crippen LogP contribution in [0.4, 0.5) is 0 Å². The third-order valence-electron chi connectivity index (χ3n) is 4.01. The first-order valence-corrected chi connectivity index (χ1v) is 8.58. The van der Waals surface area contributed by atoms with Crippen LogP contribution in [0.5, 0.6) is 0 Å². The number of benzene rings is 1. The molecule has 0 bridgehead atoms. The zero-order valence-electron chi connectivity index (χ0n) is 12.5. The van der Waals surface area contributed by atoms with Gasteiger partial charge in [-0.2, -0.15) is 0 Å². The Morgan fingerprint density at radius 2 is 2.10 bits per heavy atom. The van der Waals surface area contributed by atoms with Gasteiger partial charge in [0.2, 0.25) is 10.0 Å². The number of hydrogen-bond acceptors (Lipinski definition) is 3. The van der Waals surface area contributed by atoms with Crippen LogP contribution in [0.3, 0.4) is 0 Å². The molecule has 0 amide bonds. The first-order valence-electron chi connectivity index (χ1n) is 7.10. The molecular formula is C15H24N2O2S. The van der Waals surface area contributed by atoms with Gasteiger partial charge in [-0.25, -0.2) is 13.1 Å². The molecular weight excluding hydrogens is 272 g/mol. The van der Waals surface area contributed by atoms with Crippen LogP contribution >= 0.6 is 0 Å². The summed E-state index contributed by atoms with van der Waals surface area (Å²) in [4.78, 5) is 0.393. The van der Waals surface area contributed by atoms with Crippen LogP contribution in [-0.2, 0) is 10.0 Å². The van der Waals surface area contributed by atoms with Gasteiger partial charge in [-0.15, -0.1) is 0 Å². The van der Waals surface area contributed by atoms with E-state index in [1.807, 2.05) is 26.0 Å². The molecule has 1 fully saturated rings. The minimum atomic E-state index is -3.43. The lowest BCUT2D eigenvalue weighted by atomic mass is 9.83. The van der Waals surface area contributed by atoms with Gasteiger partial charge in [0.1, 0.15) is 0 Å². The van der Waals surface area contributed by atoms with E-state index in [-0.39, 0.29) is 5.41 Å². The van der Waals surface area contributed by atoms with Crippen molar-refractivity contribution in [3.63, 3.8) is 0 Å². The molecule has 1 atom stereocenters. The summed E-state index contributed by atoms with van der Waals surface area (Å²) in [6, 6.07) is 5.52. The molecule has 2 N–H and O–H groups in total. The summed E-state index contributed by atoms with van der Waals surface area (Å²) in [5.41, 5.74) is 1.75. The number of aryl methyl sites for hydroxylation is 2. The summed E-state index contributed by atoms with van der Waals surface area (Å²) in [7, 11) is -3.43. The molecule has 1 heterocycles. The lowest BCUT2D eigenvalue weighted by Crippen LogP contribution is -2.45. The average Bonchev–Trinajstić information content (AvgIpc) is 2.40. The van der Waals surface area contributed by atoms with Crippen molar-refractivity contribution in [1.82, 2.24) is 10.0 Å². The highest BCUT2D eigenvalue weighted by atomic mass is 32.2. The molecule has 0 saturated carbocycles. The van der Waals surface area contributed by atoms with Crippen molar-refractivity contribution in [3.05, 3.63) is 29.3 Å². The largest absolute Gasteiger partial charge is 0.316 e. The highest BCUT2D eigenvalue weighted by molar-refractivity contribution is 7.89. The van der Waals surface area contributed by atoms with E-state index < -0.39 is 10.0 Å². The van der Waals surface area contributed by atoms with E-state index in [0.29, 0.717) is 11.4 Å².